The first-order valence-electron chi connectivity index (χ1n) is 6.92. The Morgan fingerprint density at radius 3 is 3.00 bits per heavy atom. The molecule has 3 rings (SSSR count). The van der Waals surface area contributed by atoms with Crippen LogP contribution >= 0.6 is 11.3 Å². The Morgan fingerprint density at radius 1 is 1.43 bits per heavy atom. The monoisotopic (exact) mass is 303 g/mol. The molecule has 0 radical (unpaired) electrons. The summed E-state index contributed by atoms with van der Waals surface area (Å²) < 4.78 is 4.97. The van der Waals surface area contributed by atoms with Crippen LogP contribution in [0.2, 0.25) is 0 Å². The lowest BCUT2D eigenvalue weighted by Gasteiger charge is -2.16. The number of carbonyl (C=O) groups is 1. The molecule has 2 aromatic rings. The van der Waals surface area contributed by atoms with Crippen molar-refractivity contribution in [3.63, 3.8) is 0 Å². The van der Waals surface area contributed by atoms with Crippen molar-refractivity contribution < 1.29 is 9.53 Å². The quantitative estimate of drug-likeness (QED) is 0.795. The third kappa shape index (κ3) is 2.82. The summed E-state index contributed by atoms with van der Waals surface area (Å²) in [5.74, 6) is 0.985. The molecule has 3 heterocycles. The predicted molar refractivity (Wildman–Crippen MR) is 82.6 cm³/mol. The number of fused-ring (bicyclic) bond motifs is 1. The Bertz CT molecular complexity index is 651. The first-order valence-corrected chi connectivity index (χ1v) is 7.73. The average molecular weight is 303 g/mol. The first-order chi connectivity index (χ1) is 10.2. The fourth-order valence-corrected chi connectivity index (χ4v) is 3.51. The molecule has 6 heteroatoms. The van der Waals surface area contributed by atoms with Crippen molar-refractivity contribution in [3.8, 4) is 0 Å². The van der Waals surface area contributed by atoms with Crippen molar-refractivity contribution in [2.24, 2.45) is 0 Å². The summed E-state index contributed by atoms with van der Waals surface area (Å²) in [7, 11) is 1.61. The van der Waals surface area contributed by atoms with Crippen LogP contribution < -0.4 is 4.90 Å². The maximum absolute atomic E-state index is 12.1. The molecular weight excluding hydrogens is 286 g/mol. The second-order valence-corrected chi connectivity index (χ2v) is 6.16. The molecule has 5 nitrogen and oxygen atoms in total. The molecule has 0 unspecified atom stereocenters. The van der Waals surface area contributed by atoms with Gasteiger partial charge in [0.05, 0.1) is 22.9 Å². The minimum atomic E-state index is 0.145. The number of Topliss-reactive ketones (excluding diaryl/α,β-unsaturated/α-hetero) is 1. The number of ketones is 1. The van der Waals surface area contributed by atoms with Crippen LogP contribution in [0.25, 0.3) is 0 Å². The van der Waals surface area contributed by atoms with Gasteiger partial charge >= 0.3 is 0 Å². The van der Waals surface area contributed by atoms with Crippen LogP contribution in [-0.4, -0.2) is 36.2 Å². The van der Waals surface area contributed by atoms with Crippen LogP contribution in [0.4, 0.5) is 11.5 Å². The second-order valence-electron chi connectivity index (χ2n) is 5.02. The lowest BCUT2D eigenvalue weighted by Crippen LogP contribution is -2.15. The summed E-state index contributed by atoms with van der Waals surface area (Å²) in [6, 6.07) is 5.91. The van der Waals surface area contributed by atoms with E-state index in [4.69, 9.17) is 4.74 Å². The number of thiophene rings is 1. The van der Waals surface area contributed by atoms with Crippen molar-refractivity contribution in [2.45, 2.75) is 19.8 Å². The second kappa shape index (κ2) is 5.91. The fraction of sp³-hybridized carbons (Fsp3) is 0.400. The predicted octanol–water partition coefficient (Wildman–Crippen LogP) is 2.76. The molecule has 0 N–H and O–H groups in total. The molecule has 0 spiro atoms. The number of methoxy groups -OCH3 is 1. The summed E-state index contributed by atoms with van der Waals surface area (Å²) in [6.07, 6.45) is 1.38. The highest BCUT2D eigenvalue weighted by molar-refractivity contribution is 7.14. The van der Waals surface area contributed by atoms with Crippen LogP contribution in [0.15, 0.2) is 18.2 Å². The van der Waals surface area contributed by atoms with Gasteiger partial charge in [0.2, 0.25) is 0 Å². The number of carbonyl (C=O) groups excluding carboxylic acids is 1. The molecule has 1 aliphatic rings. The Labute approximate surface area is 127 Å². The van der Waals surface area contributed by atoms with Gasteiger partial charge in [-0.15, -0.1) is 16.4 Å². The van der Waals surface area contributed by atoms with Crippen molar-refractivity contribution in [1.29, 1.82) is 0 Å². The van der Waals surface area contributed by atoms with Gasteiger partial charge in [-0.2, -0.15) is 5.10 Å². The number of aromatic nitrogens is 2. The van der Waals surface area contributed by atoms with Crippen LogP contribution in [0.1, 0.15) is 26.7 Å². The largest absolute Gasteiger partial charge is 0.384 e. The summed E-state index contributed by atoms with van der Waals surface area (Å²) in [4.78, 5) is 16.3. The Kier molecular flexibility index (Phi) is 3.98. The fourth-order valence-electron chi connectivity index (χ4n) is 2.39. The first kappa shape index (κ1) is 14.2. The normalized spacial score (nSPS) is 13.5. The maximum atomic E-state index is 12.1. The zero-order chi connectivity index (χ0) is 14.8. The van der Waals surface area contributed by atoms with E-state index in [1.54, 1.807) is 18.4 Å². The van der Waals surface area contributed by atoms with E-state index in [1.807, 2.05) is 25.1 Å². The van der Waals surface area contributed by atoms with Gasteiger partial charge in [0.15, 0.2) is 11.6 Å². The third-order valence-corrected chi connectivity index (χ3v) is 4.73. The minimum Gasteiger partial charge on any atom is -0.384 e. The SMILES string of the molecule is COCCC(=O)c1cc2c(s1)CCN2c1ccc(C)nn1. The molecule has 0 aromatic carbocycles. The van der Waals surface area contributed by atoms with Crippen molar-refractivity contribution in [2.75, 3.05) is 25.2 Å². The van der Waals surface area contributed by atoms with E-state index in [2.05, 4.69) is 15.1 Å². The highest BCUT2D eigenvalue weighted by Crippen LogP contribution is 2.39. The molecule has 0 aliphatic carbocycles. The minimum absolute atomic E-state index is 0.145. The Morgan fingerprint density at radius 2 is 2.29 bits per heavy atom. The number of rotatable bonds is 5. The van der Waals surface area contributed by atoms with E-state index >= 15 is 0 Å². The summed E-state index contributed by atoms with van der Waals surface area (Å²) in [5, 5.41) is 8.35. The molecular formula is C15H17N3O2S. The van der Waals surface area contributed by atoms with E-state index in [1.165, 1.54) is 4.88 Å². The molecule has 0 saturated carbocycles. The number of hydrogen-bond acceptors (Lipinski definition) is 6. The van der Waals surface area contributed by atoms with Gasteiger partial charge in [-0.05, 0) is 25.1 Å². The number of anilines is 2. The van der Waals surface area contributed by atoms with Crippen LogP contribution in [0, 0.1) is 6.92 Å². The van der Waals surface area contributed by atoms with Crippen molar-refractivity contribution in [1.82, 2.24) is 10.2 Å². The lowest BCUT2D eigenvalue weighted by atomic mass is 10.2. The van der Waals surface area contributed by atoms with Gasteiger partial charge in [-0.25, -0.2) is 0 Å². The van der Waals surface area contributed by atoms with Gasteiger partial charge in [0.1, 0.15) is 0 Å². The number of aryl methyl sites for hydroxylation is 1. The van der Waals surface area contributed by atoms with Crippen LogP contribution in [-0.2, 0) is 11.2 Å². The van der Waals surface area contributed by atoms with Crippen LogP contribution in [0.3, 0.4) is 0 Å². The van der Waals surface area contributed by atoms with Gasteiger partial charge in [-0.3, -0.25) is 4.79 Å². The molecule has 0 bridgehead atoms. The van der Waals surface area contributed by atoms with Gasteiger partial charge < -0.3 is 9.64 Å². The molecule has 0 atom stereocenters. The van der Waals surface area contributed by atoms with E-state index in [-0.39, 0.29) is 5.78 Å². The maximum Gasteiger partial charge on any atom is 0.175 e. The Balaban J connectivity index is 1.83. The molecule has 2 aromatic heterocycles. The molecule has 1 aliphatic heterocycles. The zero-order valence-electron chi connectivity index (χ0n) is 12.1. The summed E-state index contributed by atoms with van der Waals surface area (Å²) >= 11 is 1.59. The average Bonchev–Trinajstić information content (AvgIpc) is 3.06. The molecule has 110 valence electrons. The van der Waals surface area contributed by atoms with E-state index in [0.29, 0.717) is 13.0 Å². The van der Waals surface area contributed by atoms with Crippen molar-refractivity contribution in [3.05, 3.63) is 33.6 Å². The van der Waals surface area contributed by atoms with E-state index in [9.17, 15) is 4.79 Å². The molecule has 0 saturated heterocycles. The number of ether oxygens (including phenoxy) is 1. The van der Waals surface area contributed by atoms with E-state index in [0.717, 1.165) is 35.0 Å². The number of hydrogen-bond donors (Lipinski definition) is 0. The third-order valence-electron chi connectivity index (χ3n) is 3.51. The molecule has 0 fully saturated rings. The van der Waals surface area contributed by atoms with E-state index < -0.39 is 0 Å². The number of nitrogens with zero attached hydrogens (tertiary/aromatic N) is 3. The summed E-state index contributed by atoms with van der Waals surface area (Å²) in [5.41, 5.74) is 2.00. The zero-order valence-corrected chi connectivity index (χ0v) is 12.9. The molecule has 0 amide bonds. The standard InChI is InChI=1S/C15H17N3O2S/c1-10-3-4-15(17-16-10)18-7-5-13-11(18)9-14(21-13)12(19)6-8-20-2/h3-4,9H,5-8H2,1-2H3. The smallest absolute Gasteiger partial charge is 0.175 e. The highest BCUT2D eigenvalue weighted by Gasteiger charge is 2.26. The summed E-state index contributed by atoms with van der Waals surface area (Å²) in [6.45, 7) is 3.28. The van der Waals surface area contributed by atoms with Gasteiger partial charge in [-0.1, -0.05) is 0 Å². The topological polar surface area (TPSA) is 55.3 Å². The molecule has 21 heavy (non-hydrogen) atoms. The van der Waals surface area contributed by atoms with Gasteiger partial charge in [0, 0.05) is 31.4 Å². The van der Waals surface area contributed by atoms with Crippen molar-refractivity contribution >= 4 is 28.6 Å². The highest BCUT2D eigenvalue weighted by atomic mass is 32.1. The van der Waals surface area contributed by atoms with Crippen LogP contribution in [0.5, 0.6) is 0 Å². The van der Waals surface area contributed by atoms with Gasteiger partial charge in [0.25, 0.3) is 0 Å². The Hall–Kier alpha value is -1.79. The lowest BCUT2D eigenvalue weighted by molar-refractivity contribution is 0.0936.